The van der Waals surface area contributed by atoms with Crippen molar-refractivity contribution in [3.05, 3.63) is 65.9 Å². The normalized spacial score (nSPS) is 16.3. The van der Waals surface area contributed by atoms with Crippen molar-refractivity contribution in [3.8, 4) is 16.9 Å². The van der Waals surface area contributed by atoms with Crippen molar-refractivity contribution in [3.63, 3.8) is 0 Å². The van der Waals surface area contributed by atoms with E-state index < -0.39 is 46.4 Å². The van der Waals surface area contributed by atoms with E-state index in [9.17, 15) is 31.2 Å². The number of carbonyl (C=O) groups excluding carboxylic acids is 2. The van der Waals surface area contributed by atoms with Crippen molar-refractivity contribution in [2.45, 2.75) is 57.1 Å². The van der Waals surface area contributed by atoms with Crippen molar-refractivity contribution in [1.29, 1.82) is 0 Å². The Labute approximate surface area is 254 Å². The number of nitrogens with zero attached hydrogens (tertiary/aromatic N) is 5. The number of aromatic nitrogens is 4. The Kier molecular flexibility index (Phi) is 8.59. The first kappa shape index (κ1) is 31.6. The van der Waals surface area contributed by atoms with Crippen LogP contribution in [0.4, 0.5) is 18.0 Å². The number of rotatable bonds is 9. The topological polar surface area (TPSA) is 152 Å². The summed E-state index contributed by atoms with van der Waals surface area (Å²) in [6.45, 7) is 5.23. The van der Waals surface area contributed by atoms with E-state index in [-0.39, 0.29) is 22.8 Å². The van der Waals surface area contributed by atoms with Gasteiger partial charge in [-0.05, 0) is 50.1 Å². The summed E-state index contributed by atoms with van der Waals surface area (Å²) >= 11 is 0. The monoisotopic (exact) mass is 654 g/mol. The van der Waals surface area contributed by atoms with Crippen LogP contribution in [0.25, 0.3) is 16.9 Å². The van der Waals surface area contributed by atoms with E-state index in [0.717, 1.165) is 33.5 Å². The van der Waals surface area contributed by atoms with Crippen molar-refractivity contribution in [1.82, 2.24) is 24.5 Å². The molecule has 0 saturated carbocycles. The van der Waals surface area contributed by atoms with Crippen LogP contribution in [-0.2, 0) is 30.5 Å². The van der Waals surface area contributed by atoms with Crippen molar-refractivity contribution in [2.24, 2.45) is 0 Å². The van der Waals surface area contributed by atoms with Gasteiger partial charge in [0.05, 0.1) is 22.8 Å². The zero-order valence-electron chi connectivity index (χ0n) is 24.2. The molecule has 1 saturated heterocycles. The number of ether oxygens (including phenoxy) is 2. The molecule has 45 heavy (non-hydrogen) atoms. The minimum absolute atomic E-state index is 0.150. The summed E-state index contributed by atoms with van der Waals surface area (Å²) in [5, 5.41) is 6.33. The second-order valence-electron chi connectivity index (χ2n) is 10.2. The Hall–Kier alpha value is -4.87. The molecule has 1 aliphatic heterocycles. The fraction of sp³-hybridized carbons (Fsp3) is 0.370. The Morgan fingerprint density at radius 3 is 2.44 bits per heavy atom. The van der Waals surface area contributed by atoms with Crippen LogP contribution in [0, 0.1) is 6.92 Å². The summed E-state index contributed by atoms with van der Waals surface area (Å²) in [5.74, 6) is -0.538. The third-order valence-corrected chi connectivity index (χ3v) is 7.99. The summed E-state index contributed by atoms with van der Waals surface area (Å²) in [6, 6.07) is 12.6. The largest absolute Gasteiger partial charge is 0.444 e. The number of esters is 1. The van der Waals surface area contributed by atoms with Gasteiger partial charge < -0.3 is 14.3 Å². The van der Waals surface area contributed by atoms with Crippen LogP contribution in [-0.4, -0.2) is 65.7 Å². The molecule has 0 spiro atoms. The third-order valence-electron chi connectivity index (χ3n) is 6.66. The standard InChI is InChI=1S/C27H29F3N6O8S/c1-17-6-8-20(9-7-17)24-15-25(27(28,29)30)31-34(24)21-10-12-23(13-11-21)45(39,40)32-26(38)42-22-5-4-14-33(16-22)35-36(44-35)43-19(3)41-18(2)37/h6-13,15,19,22H,4-5,14,16H2,1-3H3,(H,32,38). The highest BCUT2D eigenvalue weighted by molar-refractivity contribution is 7.90. The molecule has 1 amide bonds. The van der Waals surface area contributed by atoms with Gasteiger partial charge in [0.1, 0.15) is 11.1 Å². The molecule has 2 atom stereocenters. The molecule has 1 N–H and O–H groups in total. The zero-order valence-corrected chi connectivity index (χ0v) is 25.0. The van der Waals surface area contributed by atoms with E-state index in [1.165, 1.54) is 30.9 Å². The lowest BCUT2D eigenvalue weighted by Crippen LogP contribution is -2.47. The third kappa shape index (κ3) is 7.62. The summed E-state index contributed by atoms with van der Waals surface area (Å²) in [7, 11) is -4.40. The number of sulfonamides is 1. The van der Waals surface area contributed by atoms with Crippen LogP contribution in [0.1, 0.15) is 37.9 Å². The van der Waals surface area contributed by atoms with Crippen molar-refractivity contribution < 1.29 is 50.1 Å². The average Bonchev–Trinajstić information content (AvgIpc) is 3.56. The molecular weight excluding hydrogens is 625 g/mol. The zero-order chi connectivity index (χ0) is 32.5. The Morgan fingerprint density at radius 1 is 1.11 bits per heavy atom. The number of benzene rings is 2. The van der Waals surface area contributed by atoms with E-state index >= 15 is 0 Å². The van der Waals surface area contributed by atoms with E-state index in [2.05, 4.69) is 5.10 Å². The minimum atomic E-state index is -4.70. The predicted molar refractivity (Wildman–Crippen MR) is 149 cm³/mol. The lowest BCUT2D eigenvalue weighted by atomic mass is 10.1. The van der Waals surface area contributed by atoms with Gasteiger partial charge >= 0.3 is 18.2 Å². The molecule has 0 aliphatic carbocycles. The minimum Gasteiger partial charge on any atom is -0.444 e. The molecule has 14 nitrogen and oxygen atoms in total. The molecule has 242 valence electrons. The predicted octanol–water partition coefficient (Wildman–Crippen LogP) is 3.62. The maximum absolute atomic E-state index is 13.5. The molecule has 3 heterocycles. The summed E-state index contributed by atoms with van der Waals surface area (Å²) < 4.78 is 84.6. The number of halogens is 3. The van der Waals surface area contributed by atoms with E-state index in [0.29, 0.717) is 24.9 Å². The number of hydrogen-bond acceptors (Lipinski definition) is 10. The number of amides is 1. The molecule has 18 heteroatoms. The van der Waals surface area contributed by atoms with Gasteiger partial charge in [-0.25, -0.2) is 22.6 Å². The van der Waals surface area contributed by atoms with Crippen LogP contribution in [0.15, 0.2) is 64.1 Å². The number of carbonyl (C=O) groups is 2. The Balaban J connectivity index is 1.23. The number of hydrogen-bond donors (Lipinski definition) is 1. The van der Waals surface area contributed by atoms with E-state index in [1.54, 1.807) is 29.3 Å². The van der Waals surface area contributed by atoms with Crippen LogP contribution in [0.5, 0.6) is 0 Å². The molecule has 2 aromatic carbocycles. The van der Waals surface area contributed by atoms with Gasteiger partial charge in [0, 0.05) is 30.9 Å². The highest BCUT2D eigenvalue weighted by Crippen LogP contribution is 2.33. The Morgan fingerprint density at radius 2 is 1.80 bits per heavy atom. The first-order valence-electron chi connectivity index (χ1n) is 13.6. The maximum Gasteiger partial charge on any atom is 0.435 e. The molecule has 2 aromatic heterocycles. The molecule has 0 radical (unpaired) electrons. The molecule has 1 fully saturated rings. The van der Waals surface area contributed by atoms with Gasteiger partial charge in [0.25, 0.3) is 16.3 Å². The van der Waals surface area contributed by atoms with E-state index in [4.69, 9.17) is 18.9 Å². The molecule has 5 rings (SSSR count). The quantitative estimate of drug-likeness (QED) is 0.209. The van der Waals surface area contributed by atoms with Gasteiger partial charge in [-0.15, -0.1) is 0 Å². The first-order chi connectivity index (χ1) is 21.2. The molecular formula is C27H29F3N6O8S. The number of aryl methyl sites for hydroxylation is 1. The van der Waals surface area contributed by atoms with Gasteiger partial charge in [-0.1, -0.05) is 29.8 Å². The van der Waals surface area contributed by atoms with Crippen LogP contribution < -0.4 is 14.6 Å². The SMILES string of the molecule is CC(=O)OC(C)On1on1N1CCCC(OC(=O)NS(=O)(=O)c2ccc(-n3nc(C(F)(F)F)cc3-c3ccc(C)cc3)cc2)C1. The van der Waals surface area contributed by atoms with Crippen molar-refractivity contribution >= 4 is 22.1 Å². The number of alkyl halides is 3. The van der Waals surface area contributed by atoms with Gasteiger partial charge in [0.2, 0.25) is 0 Å². The number of nitrogens with one attached hydrogen (secondary N) is 1. The highest BCUT2D eigenvalue weighted by atomic mass is 32.2. The van der Waals surface area contributed by atoms with Crippen LogP contribution in [0.3, 0.4) is 0 Å². The summed E-state index contributed by atoms with van der Waals surface area (Å²) in [4.78, 5) is 29.7. The molecule has 2 unspecified atom stereocenters. The second kappa shape index (κ2) is 12.3. The Bertz CT molecular complexity index is 1760. The maximum atomic E-state index is 13.5. The lowest BCUT2D eigenvalue weighted by molar-refractivity contribution is -0.178. The second-order valence-corrected chi connectivity index (χ2v) is 11.9. The van der Waals surface area contributed by atoms with E-state index in [1.807, 2.05) is 11.6 Å². The van der Waals surface area contributed by atoms with Gasteiger partial charge in [-0.2, -0.15) is 22.9 Å². The number of piperidine rings is 1. The fourth-order valence-corrected chi connectivity index (χ4v) is 5.45. The van der Waals surface area contributed by atoms with Crippen LogP contribution >= 0.6 is 0 Å². The lowest BCUT2D eigenvalue weighted by Gasteiger charge is -2.29. The summed E-state index contributed by atoms with van der Waals surface area (Å²) in [6.07, 6.45) is -6.50. The fourth-order valence-electron chi connectivity index (χ4n) is 4.57. The van der Waals surface area contributed by atoms with Crippen molar-refractivity contribution in [2.75, 3.05) is 18.1 Å². The molecule has 4 aromatic rings. The first-order valence-corrected chi connectivity index (χ1v) is 15.1. The highest BCUT2D eigenvalue weighted by Gasteiger charge is 2.35. The molecule has 1 aliphatic rings. The summed E-state index contributed by atoms with van der Waals surface area (Å²) in [5.41, 5.74) is 0.612. The smallest absolute Gasteiger partial charge is 0.435 e. The molecule has 0 bridgehead atoms. The van der Waals surface area contributed by atoms with Crippen LogP contribution in [0.2, 0.25) is 0 Å². The van der Waals surface area contributed by atoms with Gasteiger partial charge in [0.15, 0.2) is 5.69 Å². The van der Waals surface area contributed by atoms with Gasteiger partial charge in [-0.3, -0.25) is 9.80 Å². The average molecular weight is 655 g/mol.